The number of ether oxygens (including phenoxy) is 3. The van der Waals surface area contributed by atoms with E-state index in [4.69, 9.17) is 19.2 Å². The Kier molecular flexibility index (Phi) is 9.59. The number of methoxy groups -OCH3 is 3. The molecule has 9 nitrogen and oxygen atoms in total. The fourth-order valence-corrected chi connectivity index (χ4v) is 3.20. The van der Waals surface area contributed by atoms with E-state index in [0.717, 1.165) is 35.9 Å². The van der Waals surface area contributed by atoms with Gasteiger partial charge in [-0.05, 0) is 43.0 Å². The number of aryl methyl sites for hydroxylation is 1. The molecule has 0 spiro atoms. The number of nitrogens with zero attached hydrogens (tertiary/aromatic N) is 4. The smallest absolute Gasteiger partial charge is 0.203 e. The molecule has 0 atom stereocenters. The number of guanidine groups is 1. The van der Waals surface area contributed by atoms with Crippen molar-refractivity contribution < 1.29 is 14.2 Å². The van der Waals surface area contributed by atoms with Gasteiger partial charge >= 0.3 is 0 Å². The average molecular weight is 437 g/mol. The standard InChI is InChI=1S/C20H32N6O3S/c1-14-24-25-18(26(14)2)13-23-20(21-8-7-9-30-6)22-12-15-10-16(27-3)19(29-5)17(11-15)28-4/h10-11H,7-9,12-13H2,1-6H3,(H2,21,22,23). The maximum absolute atomic E-state index is 5.43. The maximum atomic E-state index is 5.43. The molecule has 0 bridgehead atoms. The first-order chi connectivity index (χ1) is 14.5. The summed E-state index contributed by atoms with van der Waals surface area (Å²) in [5, 5.41) is 15.0. The Morgan fingerprint density at radius 3 is 2.33 bits per heavy atom. The molecule has 0 aliphatic heterocycles. The van der Waals surface area contributed by atoms with E-state index in [1.807, 2.05) is 42.4 Å². The molecule has 0 radical (unpaired) electrons. The molecule has 10 heteroatoms. The van der Waals surface area contributed by atoms with Crippen molar-refractivity contribution in [3.63, 3.8) is 0 Å². The fourth-order valence-electron chi connectivity index (χ4n) is 2.76. The highest BCUT2D eigenvalue weighted by Crippen LogP contribution is 2.38. The lowest BCUT2D eigenvalue weighted by Crippen LogP contribution is -2.38. The Balaban J connectivity index is 2.15. The first kappa shape index (κ1) is 23.7. The number of rotatable bonds is 11. The third-order valence-corrected chi connectivity index (χ3v) is 5.26. The lowest BCUT2D eigenvalue weighted by Gasteiger charge is -2.15. The molecule has 2 N–H and O–H groups in total. The summed E-state index contributed by atoms with van der Waals surface area (Å²) in [4.78, 5) is 4.73. The van der Waals surface area contributed by atoms with Gasteiger partial charge in [0.05, 0.1) is 34.4 Å². The van der Waals surface area contributed by atoms with E-state index >= 15 is 0 Å². The predicted octanol–water partition coefficient (Wildman–Crippen LogP) is 2.14. The predicted molar refractivity (Wildman–Crippen MR) is 121 cm³/mol. The molecule has 30 heavy (non-hydrogen) atoms. The van der Waals surface area contributed by atoms with Crippen LogP contribution in [0.2, 0.25) is 0 Å². The number of hydrogen-bond donors (Lipinski definition) is 2. The first-order valence-electron chi connectivity index (χ1n) is 9.68. The van der Waals surface area contributed by atoms with Gasteiger partial charge < -0.3 is 29.4 Å². The number of thioether (sulfide) groups is 1. The minimum atomic E-state index is 0.451. The van der Waals surface area contributed by atoms with Gasteiger partial charge in [0.25, 0.3) is 0 Å². The third kappa shape index (κ3) is 6.45. The minimum Gasteiger partial charge on any atom is -0.493 e. The van der Waals surface area contributed by atoms with Crippen LogP contribution in [-0.2, 0) is 20.1 Å². The highest BCUT2D eigenvalue weighted by atomic mass is 32.2. The van der Waals surface area contributed by atoms with Gasteiger partial charge in [0, 0.05) is 13.6 Å². The van der Waals surface area contributed by atoms with Gasteiger partial charge in [0.2, 0.25) is 5.75 Å². The molecule has 0 aliphatic carbocycles. The normalized spacial score (nSPS) is 11.3. The van der Waals surface area contributed by atoms with Crippen molar-refractivity contribution >= 4 is 17.7 Å². The monoisotopic (exact) mass is 436 g/mol. The molecule has 1 aromatic heterocycles. The Hall–Kier alpha value is -2.62. The van der Waals surface area contributed by atoms with Crippen molar-refractivity contribution in [1.29, 1.82) is 0 Å². The molecule has 0 saturated carbocycles. The van der Waals surface area contributed by atoms with E-state index in [1.165, 1.54) is 0 Å². The highest BCUT2D eigenvalue weighted by molar-refractivity contribution is 7.98. The van der Waals surface area contributed by atoms with Gasteiger partial charge in [-0.15, -0.1) is 10.2 Å². The molecule has 2 rings (SSSR count). The summed E-state index contributed by atoms with van der Waals surface area (Å²) in [5.41, 5.74) is 0.948. The Bertz CT molecular complexity index is 815. The molecule has 1 aromatic carbocycles. The topological polar surface area (TPSA) is 94.8 Å². The summed E-state index contributed by atoms with van der Waals surface area (Å²) in [6.45, 7) is 3.74. The van der Waals surface area contributed by atoms with Crippen molar-refractivity contribution in [1.82, 2.24) is 25.4 Å². The highest BCUT2D eigenvalue weighted by Gasteiger charge is 2.13. The van der Waals surface area contributed by atoms with Gasteiger partial charge in [0.1, 0.15) is 5.82 Å². The van der Waals surface area contributed by atoms with Crippen LogP contribution in [0, 0.1) is 6.92 Å². The summed E-state index contributed by atoms with van der Waals surface area (Å²) in [5.74, 6) is 5.31. The van der Waals surface area contributed by atoms with E-state index in [0.29, 0.717) is 36.3 Å². The van der Waals surface area contributed by atoms with Crippen molar-refractivity contribution in [2.75, 3.05) is 39.9 Å². The Labute approximate surface area is 182 Å². The van der Waals surface area contributed by atoms with Crippen LogP contribution in [-0.4, -0.2) is 60.6 Å². The van der Waals surface area contributed by atoms with Gasteiger partial charge in [-0.3, -0.25) is 0 Å². The summed E-state index contributed by atoms with van der Waals surface area (Å²) in [7, 11) is 6.75. The largest absolute Gasteiger partial charge is 0.493 e. The number of benzene rings is 1. The zero-order valence-electron chi connectivity index (χ0n) is 18.6. The summed E-state index contributed by atoms with van der Waals surface area (Å²) in [6, 6.07) is 3.81. The van der Waals surface area contributed by atoms with E-state index in [1.54, 1.807) is 21.3 Å². The molecule has 0 unspecified atom stereocenters. The van der Waals surface area contributed by atoms with E-state index in [9.17, 15) is 0 Å². The lowest BCUT2D eigenvalue weighted by molar-refractivity contribution is 0.324. The zero-order chi connectivity index (χ0) is 21.9. The van der Waals surface area contributed by atoms with Crippen LogP contribution in [0.15, 0.2) is 17.1 Å². The van der Waals surface area contributed by atoms with Crippen LogP contribution in [0.1, 0.15) is 23.6 Å². The molecule has 0 aliphatic rings. The maximum Gasteiger partial charge on any atom is 0.203 e. The van der Waals surface area contributed by atoms with E-state index < -0.39 is 0 Å². The van der Waals surface area contributed by atoms with Crippen molar-refractivity contribution in [2.24, 2.45) is 12.0 Å². The average Bonchev–Trinajstić information content (AvgIpc) is 3.09. The number of aliphatic imine (C=N–C) groups is 1. The summed E-state index contributed by atoms with van der Waals surface area (Å²) < 4.78 is 18.2. The Morgan fingerprint density at radius 1 is 1.10 bits per heavy atom. The second kappa shape index (κ2) is 12.2. The van der Waals surface area contributed by atoms with Crippen LogP contribution in [0.4, 0.5) is 0 Å². The van der Waals surface area contributed by atoms with E-state index in [2.05, 4.69) is 27.1 Å². The molecule has 166 valence electrons. The van der Waals surface area contributed by atoms with Gasteiger partial charge in [-0.1, -0.05) is 0 Å². The van der Waals surface area contributed by atoms with Gasteiger partial charge in [0.15, 0.2) is 23.3 Å². The van der Waals surface area contributed by atoms with E-state index in [-0.39, 0.29) is 0 Å². The van der Waals surface area contributed by atoms with Crippen LogP contribution in [0.5, 0.6) is 17.2 Å². The molecular weight excluding hydrogens is 404 g/mol. The van der Waals surface area contributed by atoms with Crippen LogP contribution in [0.3, 0.4) is 0 Å². The summed E-state index contributed by atoms with van der Waals surface area (Å²) in [6.07, 6.45) is 3.16. The van der Waals surface area contributed by atoms with Crippen LogP contribution >= 0.6 is 11.8 Å². The quantitative estimate of drug-likeness (QED) is 0.314. The first-order valence-corrected chi connectivity index (χ1v) is 11.1. The molecule has 0 amide bonds. The van der Waals surface area contributed by atoms with Gasteiger partial charge in [-0.25, -0.2) is 4.99 Å². The van der Waals surface area contributed by atoms with Gasteiger partial charge in [-0.2, -0.15) is 11.8 Å². The lowest BCUT2D eigenvalue weighted by atomic mass is 10.2. The molecule has 2 aromatic rings. The summed E-state index contributed by atoms with van der Waals surface area (Å²) >= 11 is 1.83. The zero-order valence-corrected chi connectivity index (χ0v) is 19.4. The SMILES string of the molecule is COc1cc(CN=C(NCCCSC)NCc2nnc(C)n2C)cc(OC)c1OC. The molecular formula is C20H32N6O3S. The molecule has 0 fully saturated rings. The fraction of sp³-hybridized carbons (Fsp3) is 0.550. The number of aromatic nitrogens is 3. The third-order valence-electron chi connectivity index (χ3n) is 4.56. The van der Waals surface area contributed by atoms with Crippen molar-refractivity contribution in [3.8, 4) is 17.2 Å². The second-order valence-electron chi connectivity index (χ2n) is 6.55. The van der Waals surface area contributed by atoms with Crippen molar-refractivity contribution in [3.05, 3.63) is 29.3 Å². The number of hydrogen-bond acceptors (Lipinski definition) is 7. The van der Waals surface area contributed by atoms with Crippen LogP contribution < -0.4 is 24.8 Å². The molecule has 0 saturated heterocycles. The molecule has 1 heterocycles. The van der Waals surface area contributed by atoms with Crippen LogP contribution in [0.25, 0.3) is 0 Å². The second-order valence-corrected chi connectivity index (χ2v) is 7.53. The Morgan fingerprint density at radius 2 is 1.80 bits per heavy atom. The van der Waals surface area contributed by atoms with Crippen molar-refractivity contribution in [2.45, 2.75) is 26.4 Å². The number of nitrogens with one attached hydrogen (secondary N) is 2. The minimum absolute atomic E-state index is 0.451.